The average molecular weight is 429 g/mol. The molecule has 0 heterocycles. The predicted molar refractivity (Wildman–Crippen MR) is 107 cm³/mol. The number of sulfonamides is 1. The Hall–Kier alpha value is -2.16. The maximum Gasteiger partial charge on any atom is 0.257 e. The van der Waals surface area contributed by atoms with Crippen LogP contribution >= 0.6 is 11.6 Å². The van der Waals surface area contributed by atoms with Crippen LogP contribution in [0.3, 0.4) is 0 Å². The van der Waals surface area contributed by atoms with Gasteiger partial charge in [0.05, 0.1) is 22.1 Å². The second kappa shape index (κ2) is 9.36. The van der Waals surface area contributed by atoms with Crippen molar-refractivity contribution in [3.8, 4) is 5.75 Å². The highest BCUT2D eigenvalue weighted by Gasteiger charge is 2.24. The van der Waals surface area contributed by atoms with Crippen molar-refractivity contribution in [2.24, 2.45) is 0 Å². The van der Waals surface area contributed by atoms with Crippen molar-refractivity contribution in [3.63, 3.8) is 0 Å². The minimum absolute atomic E-state index is 0.0239. The summed E-state index contributed by atoms with van der Waals surface area (Å²) in [5, 5.41) is 2.60. The van der Waals surface area contributed by atoms with Gasteiger partial charge in [-0.1, -0.05) is 25.4 Å². The summed E-state index contributed by atoms with van der Waals surface area (Å²) in [7, 11) is -3.75. The Morgan fingerprint density at radius 3 is 2.39 bits per heavy atom. The topological polar surface area (TPSA) is 75.7 Å². The minimum Gasteiger partial charge on any atom is -0.491 e. The fraction of sp³-hybridized carbons (Fsp3) is 0.316. The van der Waals surface area contributed by atoms with Crippen molar-refractivity contribution >= 4 is 33.2 Å². The first-order chi connectivity index (χ1) is 13.2. The van der Waals surface area contributed by atoms with Crippen LogP contribution in [0.4, 0.5) is 10.1 Å². The third-order valence-electron chi connectivity index (χ3n) is 4.02. The van der Waals surface area contributed by atoms with Crippen molar-refractivity contribution < 1.29 is 22.3 Å². The summed E-state index contributed by atoms with van der Waals surface area (Å²) in [6, 6.07) is 7.92. The van der Waals surface area contributed by atoms with Crippen LogP contribution in [-0.2, 0) is 10.0 Å². The zero-order valence-corrected chi connectivity index (χ0v) is 17.4. The summed E-state index contributed by atoms with van der Waals surface area (Å²) in [6.07, 6.45) is 0. The van der Waals surface area contributed by atoms with Gasteiger partial charge in [-0.25, -0.2) is 12.8 Å². The van der Waals surface area contributed by atoms with Crippen LogP contribution in [0.2, 0.25) is 5.02 Å². The molecular formula is C19H22ClFN2O4S. The van der Waals surface area contributed by atoms with E-state index in [1.165, 1.54) is 34.6 Å². The molecule has 0 radical (unpaired) electrons. The molecule has 0 saturated heterocycles. The normalized spacial score (nSPS) is 11.5. The molecule has 2 aromatic rings. The van der Waals surface area contributed by atoms with Crippen molar-refractivity contribution in [2.45, 2.75) is 25.7 Å². The van der Waals surface area contributed by atoms with Crippen LogP contribution in [0.5, 0.6) is 5.75 Å². The number of hydrogen-bond donors (Lipinski definition) is 1. The summed E-state index contributed by atoms with van der Waals surface area (Å²) in [5.74, 6) is -1.19. The number of hydrogen-bond acceptors (Lipinski definition) is 4. The smallest absolute Gasteiger partial charge is 0.257 e. The van der Waals surface area contributed by atoms with Crippen molar-refractivity contribution in [3.05, 3.63) is 52.8 Å². The van der Waals surface area contributed by atoms with Gasteiger partial charge in [0, 0.05) is 24.8 Å². The Labute approximate surface area is 169 Å². The van der Waals surface area contributed by atoms with Crippen LogP contribution in [0.25, 0.3) is 0 Å². The lowest BCUT2D eigenvalue weighted by Crippen LogP contribution is -2.30. The van der Waals surface area contributed by atoms with Gasteiger partial charge in [0.1, 0.15) is 0 Å². The lowest BCUT2D eigenvalue weighted by molar-refractivity contribution is 0.102. The molecule has 1 N–H and O–H groups in total. The Kier molecular flexibility index (Phi) is 7.40. The number of nitrogens with one attached hydrogen (secondary N) is 1. The van der Waals surface area contributed by atoms with Crippen LogP contribution in [0.15, 0.2) is 41.3 Å². The summed E-state index contributed by atoms with van der Waals surface area (Å²) in [5.41, 5.74) is 0.170. The molecule has 2 rings (SSSR count). The van der Waals surface area contributed by atoms with Gasteiger partial charge in [0.2, 0.25) is 10.0 Å². The van der Waals surface area contributed by atoms with E-state index >= 15 is 0 Å². The van der Waals surface area contributed by atoms with E-state index in [0.717, 1.165) is 6.07 Å². The molecule has 0 unspecified atom stereocenters. The van der Waals surface area contributed by atoms with Gasteiger partial charge < -0.3 is 10.1 Å². The molecule has 0 aliphatic carbocycles. The van der Waals surface area contributed by atoms with E-state index in [2.05, 4.69) is 5.32 Å². The van der Waals surface area contributed by atoms with E-state index in [-0.39, 0.29) is 26.9 Å². The van der Waals surface area contributed by atoms with E-state index in [1.807, 2.05) is 0 Å². The molecule has 0 aromatic heterocycles. The second-order valence-corrected chi connectivity index (χ2v) is 8.11. The van der Waals surface area contributed by atoms with Gasteiger partial charge >= 0.3 is 0 Å². The molecule has 0 aliphatic heterocycles. The fourth-order valence-electron chi connectivity index (χ4n) is 2.60. The van der Waals surface area contributed by atoms with Crippen molar-refractivity contribution in [2.75, 3.05) is 25.0 Å². The number of nitrogens with zero attached hydrogens (tertiary/aromatic N) is 1. The highest BCUT2D eigenvalue weighted by Crippen LogP contribution is 2.25. The molecule has 1 amide bonds. The number of halogens is 2. The largest absolute Gasteiger partial charge is 0.491 e. The maximum absolute atomic E-state index is 14.0. The number of benzene rings is 2. The molecule has 6 nitrogen and oxygen atoms in total. The van der Waals surface area contributed by atoms with Gasteiger partial charge in [0.15, 0.2) is 11.6 Å². The average Bonchev–Trinajstić information content (AvgIpc) is 2.65. The molecule has 0 aliphatic rings. The molecule has 0 spiro atoms. The third kappa shape index (κ3) is 4.81. The Balaban J connectivity index is 2.32. The van der Waals surface area contributed by atoms with E-state index < -0.39 is 21.7 Å². The number of ether oxygens (including phenoxy) is 1. The third-order valence-corrected chi connectivity index (χ3v) is 6.39. The van der Waals surface area contributed by atoms with Gasteiger partial charge in [-0.05, 0) is 37.3 Å². The molecule has 28 heavy (non-hydrogen) atoms. The molecular weight excluding hydrogens is 407 g/mol. The number of amides is 1. The molecule has 0 bridgehead atoms. The van der Waals surface area contributed by atoms with Gasteiger partial charge in [0.25, 0.3) is 5.91 Å². The predicted octanol–water partition coefficient (Wildman–Crippen LogP) is 4.16. The zero-order chi connectivity index (χ0) is 20.9. The van der Waals surface area contributed by atoms with Gasteiger partial charge in [-0.15, -0.1) is 0 Å². The van der Waals surface area contributed by atoms with Crippen LogP contribution < -0.4 is 10.1 Å². The van der Waals surface area contributed by atoms with Crippen LogP contribution in [-0.4, -0.2) is 38.3 Å². The highest BCUT2D eigenvalue weighted by atomic mass is 35.5. The summed E-state index contributed by atoms with van der Waals surface area (Å²) >= 11 is 6.09. The molecule has 0 atom stereocenters. The SMILES string of the molecule is CCOc1ccc(NC(=O)c2cc(S(=O)(=O)N(CC)CC)ccc2Cl)cc1F. The van der Waals surface area contributed by atoms with E-state index in [0.29, 0.717) is 19.7 Å². The van der Waals surface area contributed by atoms with Crippen molar-refractivity contribution in [1.29, 1.82) is 0 Å². The summed E-state index contributed by atoms with van der Waals surface area (Å²) < 4.78 is 45.7. The number of carbonyl (C=O) groups is 1. The second-order valence-electron chi connectivity index (χ2n) is 5.76. The number of rotatable bonds is 8. The van der Waals surface area contributed by atoms with Crippen LogP contribution in [0.1, 0.15) is 31.1 Å². The maximum atomic E-state index is 14.0. The monoisotopic (exact) mass is 428 g/mol. The van der Waals surface area contributed by atoms with Gasteiger partial charge in [-0.3, -0.25) is 4.79 Å². The van der Waals surface area contributed by atoms with Crippen molar-refractivity contribution in [1.82, 2.24) is 4.31 Å². The lowest BCUT2D eigenvalue weighted by Gasteiger charge is -2.19. The molecule has 0 fully saturated rings. The summed E-state index contributed by atoms with van der Waals surface area (Å²) in [6.45, 7) is 6.10. The number of anilines is 1. The molecule has 152 valence electrons. The molecule has 9 heteroatoms. The summed E-state index contributed by atoms with van der Waals surface area (Å²) in [4.78, 5) is 12.5. The Morgan fingerprint density at radius 1 is 1.14 bits per heavy atom. The fourth-order valence-corrected chi connectivity index (χ4v) is 4.29. The Morgan fingerprint density at radius 2 is 1.82 bits per heavy atom. The first-order valence-electron chi connectivity index (χ1n) is 8.77. The molecule has 0 saturated carbocycles. The van der Waals surface area contributed by atoms with E-state index in [1.54, 1.807) is 20.8 Å². The highest BCUT2D eigenvalue weighted by molar-refractivity contribution is 7.89. The van der Waals surface area contributed by atoms with E-state index in [4.69, 9.17) is 16.3 Å². The van der Waals surface area contributed by atoms with E-state index in [9.17, 15) is 17.6 Å². The lowest BCUT2D eigenvalue weighted by atomic mass is 10.2. The first kappa shape index (κ1) is 22.1. The minimum atomic E-state index is -3.75. The van der Waals surface area contributed by atoms with Crippen LogP contribution in [0, 0.1) is 5.82 Å². The number of carbonyl (C=O) groups excluding carboxylic acids is 1. The first-order valence-corrected chi connectivity index (χ1v) is 10.6. The zero-order valence-electron chi connectivity index (χ0n) is 15.8. The quantitative estimate of drug-likeness (QED) is 0.685. The Bertz CT molecular complexity index is 962. The van der Waals surface area contributed by atoms with Gasteiger partial charge in [-0.2, -0.15) is 4.31 Å². The molecule has 2 aromatic carbocycles. The standard InChI is InChI=1S/C19H22ClFN2O4S/c1-4-23(5-2)28(25,26)14-8-9-16(20)15(12-14)19(24)22-13-7-10-18(27-6-3)17(21)11-13/h7-12H,4-6H2,1-3H3,(H,22,24).